The van der Waals surface area contributed by atoms with E-state index in [2.05, 4.69) is 5.32 Å². The minimum Gasteiger partial charge on any atom is -0.479 e. The number of carbonyl (C=O) groups is 6. The third-order valence-corrected chi connectivity index (χ3v) is 6.49. The van der Waals surface area contributed by atoms with E-state index in [1.807, 2.05) is 12.1 Å². The molecule has 3 aromatic rings. The normalized spacial score (nSPS) is 12.8. The molecule has 14 nitrogen and oxygen atoms in total. The fourth-order valence-electron chi connectivity index (χ4n) is 3.99. The maximum atomic E-state index is 12.2. The van der Waals surface area contributed by atoms with Crippen LogP contribution in [0, 0.1) is 0 Å². The number of carboxylic acids is 3. The van der Waals surface area contributed by atoms with E-state index in [4.69, 9.17) is 37.0 Å². The van der Waals surface area contributed by atoms with Crippen molar-refractivity contribution in [2.24, 2.45) is 17.2 Å². The first-order valence-electron chi connectivity index (χ1n) is 14.5. The summed E-state index contributed by atoms with van der Waals surface area (Å²) >= 11 is 0. The van der Waals surface area contributed by atoms with Crippen molar-refractivity contribution < 1.29 is 70.4 Å². The van der Waals surface area contributed by atoms with Gasteiger partial charge in [-0.05, 0) is 54.3 Å². The minimum atomic E-state index is -5.08. The van der Waals surface area contributed by atoms with Crippen LogP contribution in [0.15, 0.2) is 72.8 Å². The van der Waals surface area contributed by atoms with Gasteiger partial charge in [-0.15, -0.1) is 0 Å². The van der Waals surface area contributed by atoms with E-state index in [9.17, 15) is 50.6 Å². The van der Waals surface area contributed by atoms with E-state index in [1.165, 1.54) is 0 Å². The second kappa shape index (κ2) is 19.4. The number of rotatable bonds is 7. The number of nitrogens with two attached hydrogens (primary N) is 3. The lowest BCUT2D eigenvalue weighted by molar-refractivity contribution is -0.193. The van der Waals surface area contributed by atoms with Crippen LogP contribution in [0.25, 0.3) is 0 Å². The number of amides is 3. The lowest BCUT2D eigenvalue weighted by Gasteiger charge is -2.19. The zero-order valence-corrected chi connectivity index (χ0v) is 26.9. The van der Waals surface area contributed by atoms with Gasteiger partial charge in [0.25, 0.3) is 5.91 Å². The average molecular weight is 746 g/mol. The Balaban J connectivity index is 0.000000388. The van der Waals surface area contributed by atoms with Crippen LogP contribution in [0.2, 0.25) is 0 Å². The van der Waals surface area contributed by atoms with Gasteiger partial charge in [0.1, 0.15) is 0 Å². The van der Waals surface area contributed by atoms with E-state index in [0.29, 0.717) is 29.8 Å². The molecule has 3 amide bonds. The second-order valence-corrected chi connectivity index (χ2v) is 10.4. The van der Waals surface area contributed by atoms with Crippen LogP contribution in [0.3, 0.4) is 0 Å². The number of carboxylic acid groups (broad SMARTS) is 3. The largest absolute Gasteiger partial charge is 0.490 e. The van der Waals surface area contributed by atoms with Gasteiger partial charge in [-0.25, -0.2) is 14.4 Å². The summed E-state index contributed by atoms with van der Waals surface area (Å²) in [5.41, 5.74) is 20.3. The van der Waals surface area contributed by atoms with Crippen molar-refractivity contribution in [3.8, 4) is 0 Å². The maximum absolute atomic E-state index is 12.2. The monoisotopic (exact) mass is 745 g/mol. The molecule has 0 aliphatic carbocycles. The SMILES string of the molecule is C[C@@H](N)C(=O)N1CCc2ccc(C(N)=O)cc21.NCc1cccc(C(=O)N[C@@H](C(=O)O)c2ccccc2)c1.O=C(O)C(F)(F)F.O=C(O)C(F)(F)F. The Morgan fingerprint density at radius 2 is 1.35 bits per heavy atom. The minimum absolute atomic E-state index is 0.134. The Morgan fingerprint density at radius 3 is 1.79 bits per heavy atom. The number of aliphatic carboxylic acids is 3. The number of benzene rings is 3. The molecule has 282 valence electrons. The third-order valence-electron chi connectivity index (χ3n) is 6.49. The molecule has 0 unspecified atom stereocenters. The number of alkyl halides is 6. The van der Waals surface area contributed by atoms with E-state index < -0.39 is 54.2 Å². The summed E-state index contributed by atoms with van der Waals surface area (Å²) in [6, 6.07) is 18.9. The number of halogens is 6. The highest BCUT2D eigenvalue weighted by molar-refractivity contribution is 6.01. The van der Waals surface area contributed by atoms with Gasteiger partial charge >= 0.3 is 30.3 Å². The highest BCUT2D eigenvalue weighted by Crippen LogP contribution is 2.29. The summed E-state index contributed by atoms with van der Waals surface area (Å²) in [7, 11) is 0. The molecule has 1 aliphatic rings. The lowest BCUT2D eigenvalue weighted by Crippen LogP contribution is -2.41. The topological polar surface area (TPSA) is 256 Å². The number of carbonyl (C=O) groups excluding carboxylic acids is 3. The quantitative estimate of drug-likeness (QED) is 0.173. The van der Waals surface area contributed by atoms with Gasteiger partial charge in [0, 0.05) is 29.9 Å². The van der Waals surface area contributed by atoms with Gasteiger partial charge in [-0.1, -0.05) is 48.5 Å². The van der Waals surface area contributed by atoms with Crippen molar-refractivity contribution in [2.75, 3.05) is 11.4 Å². The van der Waals surface area contributed by atoms with E-state index in [-0.39, 0.29) is 5.91 Å². The van der Waals surface area contributed by atoms with Crippen LogP contribution in [0.5, 0.6) is 0 Å². The van der Waals surface area contributed by atoms with Crippen molar-refractivity contribution in [1.29, 1.82) is 0 Å². The number of anilines is 1. The van der Waals surface area contributed by atoms with Crippen molar-refractivity contribution >= 4 is 41.3 Å². The Hall–Kier alpha value is -6.02. The zero-order chi connectivity index (χ0) is 40.0. The summed E-state index contributed by atoms with van der Waals surface area (Å²) in [6.45, 7) is 2.58. The average Bonchev–Trinajstić information content (AvgIpc) is 3.50. The summed E-state index contributed by atoms with van der Waals surface area (Å²) < 4.78 is 63.5. The summed E-state index contributed by atoms with van der Waals surface area (Å²) in [5.74, 6) is -7.69. The molecule has 1 heterocycles. The van der Waals surface area contributed by atoms with Crippen molar-refractivity contribution in [2.45, 2.75) is 44.3 Å². The summed E-state index contributed by atoms with van der Waals surface area (Å²) in [6.07, 6.45) is -9.38. The smallest absolute Gasteiger partial charge is 0.479 e. The van der Waals surface area contributed by atoms with Crippen LogP contribution < -0.4 is 27.4 Å². The molecule has 0 bridgehead atoms. The molecule has 4 rings (SSSR count). The van der Waals surface area contributed by atoms with E-state index >= 15 is 0 Å². The highest BCUT2D eigenvalue weighted by atomic mass is 19.4. The number of nitrogens with zero attached hydrogens (tertiary/aromatic N) is 1. The highest BCUT2D eigenvalue weighted by Gasteiger charge is 2.39. The predicted molar refractivity (Wildman–Crippen MR) is 171 cm³/mol. The summed E-state index contributed by atoms with van der Waals surface area (Å²) in [4.78, 5) is 65.9. The van der Waals surface area contributed by atoms with E-state index in [1.54, 1.807) is 72.5 Å². The summed E-state index contributed by atoms with van der Waals surface area (Å²) in [5, 5.41) is 26.1. The molecule has 2 atom stereocenters. The molecule has 0 saturated heterocycles. The fraction of sp³-hybridized carbons (Fsp3) is 0.250. The maximum Gasteiger partial charge on any atom is 0.490 e. The molecule has 0 spiro atoms. The fourth-order valence-corrected chi connectivity index (χ4v) is 3.99. The lowest BCUT2D eigenvalue weighted by atomic mass is 10.1. The van der Waals surface area contributed by atoms with Gasteiger partial charge < -0.3 is 42.7 Å². The van der Waals surface area contributed by atoms with Crippen molar-refractivity contribution in [3.05, 3.63) is 101 Å². The molecule has 0 aromatic heterocycles. The molecule has 3 aromatic carbocycles. The standard InChI is InChI=1S/C16H16N2O3.C12H15N3O2.2C2HF3O2/c17-10-11-5-4-8-13(9-11)15(19)18-14(16(20)21)12-6-2-1-3-7-12;1-7(13)12(17)15-5-4-8-2-3-9(11(14)16)6-10(8)15;2*3-2(4,5)1(6)7/h1-9,14H,10,17H2,(H,18,19)(H,20,21);2-3,6-7H,4-5,13H2,1H3,(H2,14,16);2*(H,6,7)/t14-;7-;;/m11../s1. The Morgan fingerprint density at radius 1 is 0.808 bits per heavy atom. The van der Waals surface area contributed by atoms with Crippen molar-refractivity contribution in [1.82, 2.24) is 5.32 Å². The van der Waals surface area contributed by atoms with Crippen LogP contribution >= 0.6 is 0 Å². The van der Waals surface area contributed by atoms with Crippen LogP contribution in [-0.2, 0) is 32.1 Å². The molecule has 10 N–H and O–H groups in total. The first kappa shape index (κ1) is 44.0. The molecule has 52 heavy (non-hydrogen) atoms. The molecule has 20 heteroatoms. The van der Waals surface area contributed by atoms with Gasteiger partial charge in [-0.3, -0.25) is 14.4 Å². The zero-order valence-electron chi connectivity index (χ0n) is 26.9. The second-order valence-electron chi connectivity index (χ2n) is 10.4. The number of nitrogens with one attached hydrogen (secondary N) is 1. The predicted octanol–water partition coefficient (Wildman–Crippen LogP) is 2.99. The Kier molecular flexibility index (Phi) is 16.4. The number of primary amides is 1. The number of fused-ring (bicyclic) bond motifs is 1. The number of hydrogen-bond acceptors (Lipinski definition) is 8. The molecule has 0 fully saturated rings. The Labute approximate surface area is 290 Å². The number of hydrogen-bond donors (Lipinski definition) is 7. The van der Waals surface area contributed by atoms with Gasteiger partial charge in [0.05, 0.1) is 6.04 Å². The first-order chi connectivity index (χ1) is 24.0. The Bertz CT molecular complexity index is 1710. The molecule has 0 radical (unpaired) electrons. The van der Waals surface area contributed by atoms with Gasteiger partial charge in [-0.2, -0.15) is 26.3 Å². The first-order valence-corrected chi connectivity index (χ1v) is 14.5. The third kappa shape index (κ3) is 14.1. The molecular formula is C32H33F6N5O9. The van der Waals surface area contributed by atoms with Gasteiger partial charge in [0.2, 0.25) is 11.8 Å². The molecule has 1 aliphatic heterocycles. The van der Waals surface area contributed by atoms with Crippen LogP contribution in [0.1, 0.15) is 50.4 Å². The molecule has 0 saturated carbocycles. The van der Waals surface area contributed by atoms with Crippen molar-refractivity contribution in [3.63, 3.8) is 0 Å². The molecular weight excluding hydrogens is 712 g/mol. The van der Waals surface area contributed by atoms with Crippen LogP contribution in [0.4, 0.5) is 32.0 Å². The van der Waals surface area contributed by atoms with E-state index in [0.717, 1.165) is 23.2 Å². The van der Waals surface area contributed by atoms with Gasteiger partial charge in [0.15, 0.2) is 6.04 Å². The van der Waals surface area contributed by atoms with Crippen LogP contribution in [-0.4, -0.2) is 75.9 Å².